The molecule has 3 nitrogen and oxygen atoms in total. The van der Waals surface area contributed by atoms with Crippen LogP contribution in [0.2, 0.25) is 0 Å². The molecule has 0 aromatic carbocycles. The third-order valence-electron chi connectivity index (χ3n) is 2.96. The Morgan fingerprint density at radius 1 is 1.13 bits per heavy atom. The molecule has 0 bridgehead atoms. The van der Waals surface area contributed by atoms with E-state index in [1.54, 1.807) is 0 Å². The molecule has 2 N–H and O–H groups in total. The van der Waals surface area contributed by atoms with Gasteiger partial charge in [-0.2, -0.15) is 0 Å². The zero-order chi connectivity index (χ0) is 10.9. The summed E-state index contributed by atoms with van der Waals surface area (Å²) in [5.41, 5.74) is 5.98. The standard InChI is InChI=1S/C12H25NO2/c1-2-3-8-14-9-10-15-12-7-5-4-6-11(12)13/h11-12H,2-10,13H2,1H3. The minimum atomic E-state index is 0.245. The summed E-state index contributed by atoms with van der Waals surface area (Å²) in [5.74, 6) is 0. The summed E-state index contributed by atoms with van der Waals surface area (Å²) >= 11 is 0. The molecule has 15 heavy (non-hydrogen) atoms. The van der Waals surface area contributed by atoms with Crippen LogP contribution in [0.3, 0.4) is 0 Å². The molecule has 0 heterocycles. The van der Waals surface area contributed by atoms with E-state index in [-0.39, 0.29) is 12.1 Å². The molecule has 0 aromatic heterocycles. The predicted octanol–water partition coefficient (Wildman–Crippen LogP) is 2.09. The Labute approximate surface area is 93.3 Å². The minimum absolute atomic E-state index is 0.245. The molecule has 0 saturated heterocycles. The molecule has 3 heteroatoms. The highest BCUT2D eigenvalue weighted by atomic mass is 16.5. The van der Waals surface area contributed by atoms with Crippen molar-refractivity contribution in [1.29, 1.82) is 0 Å². The lowest BCUT2D eigenvalue weighted by Gasteiger charge is -2.28. The van der Waals surface area contributed by atoms with E-state index in [1.807, 2.05) is 0 Å². The molecule has 1 aliphatic rings. The number of hydrogen-bond donors (Lipinski definition) is 1. The Bertz CT molecular complexity index is 153. The number of hydrogen-bond acceptors (Lipinski definition) is 3. The fourth-order valence-corrected chi connectivity index (χ4v) is 1.94. The zero-order valence-corrected chi connectivity index (χ0v) is 9.91. The molecular weight excluding hydrogens is 190 g/mol. The van der Waals surface area contributed by atoms with Gasteiger partial charge in [0.2, 0.25) is 0 Å². The third kappa shape index (κ3) is 5.50. The molecule has 1 rings (SSSR count). The van der Waals surface area contributed by atoms with Gasteiger partial charge in [-0.15, -0.1) is 0 Å². The van der Waals surface area contributed by atoms with Crippen molar-refractivity contribution in [2.24, 2.45) is 5.73 Å². The van der Waals surface area contributed by atoms with Gasteiger partial charge < -0.3 is 15.2 Å². The summed E-state index contributed by atoms with van der Waals surface area (Å²) in [5, 5.41) is 0. The van der Waals surface area contributed by atoms with Crippen molar-refractivity contribution in [2.75, 3.05) is 19.8 Å². The number of ether oxygens (including phenoxy) is 2. The van der Waals surface area contributed by atoms with Crippen LogP contribution in [0.25, 0.3) is 0 Å². The predicted molar refractivity (Wildman–Crippen MR) is 61.9 cm³/mol. The second-order valence-electron chi connectivity index (χ2n) is 4.32. The molecular formula is C12H25NO2. The first-order valence-electron chi connectivity index (χ1n) is 6.29. The molecule has 0 amide bonds. The van der Waals surface area contributed by atoms with Crippen molar-refractivity contribution in [2.45, 2.75) is 57.6 Å². The monoisotopic (exact) mass is 215 g/mol. The Morgan fingerprint density at radius 3 is 2.67 bits per heavy atom. The van der Waals surface area contributed by atoms with Crippen molar-refractivity contribution in [1.82, 2.24) is 0 Å². The van der Waals surface area contributed by atoms with Gasteiger partial charge in [0.25, 0.3) is 0 Å². The Balaban J connectivity index is 1.94. The summed E-state index contributed by atoms with van der Waals surface area (Å²) in [7, 11) is 0. The van der Waals surface area contributed by atoms with Crippen molar-refractivity contribution in [3.05, 3.63) is 0 Å². The molecule has 1 aliphatic carbocycles. The van der Waals surface area contributed by atoms with Crippen LogP contribution in [-0.4, -0.2) is 32.0 Å². The van der Waals surface area contributed by atoms with E-state index in [0.717, 1.165) is 25.9 Å². The van der Waals surface area contributed by atoms with Gasteiger partial charge in [-0.05, 0) is 19.3 Å². The summed E-state index contributed by atoms with van der Waals surface area (Å²) in [6, 6.07) is 0.245. The molecule has 1 fully saturated rings. The Hall–Kier alpha value is -0.120. The van der Waals surface area contributed by atoms with Crippen LogP contribution in [0.15, 0.2) is 0 Å². The molecule has 2 atom stereocenters. The van der Waals surface area contributed by atoms with Crippen LogP contribution in [0.1, 0.15) is 45.4 Å². The SMILES string of the molecule is CCCCOCCOC1CCCCC1N. The first-order valence-corrected chi connectivity index (χ1v) is 6.29. The van der Waals surface area contributed by atoms with Gasteiger partial charge in [0.1, 0.15) is 0 Å². The van der Waals surface area contributed by atoms with Crippen molar-refractivity contribution in [3.8, 4) is 0 Å². The first-order chi connectivity index (χ1) is 7.34. The maximum Gasteiger partial charge on any atom is 0.0727 e. The van der Waals surface area contributed by atoms with E-state index < -0.39 is 0 Å². The van der Waals surface area contributed by atoms with Crippen molar-refractivity contribution >= 4 is 0 Å². The van der Waals surface area contributed by atoms with Crippen LogP contribution in [0.5, 0.6) is 0 Å². The van der Waals surface area contributed by atoms with E-state index in [4.69, 9.17) is 15.2 Å². The molecule has 0 radical (unpaired) electrons. The topological polar surface area (TPSA) is 44.5 Å². The average molecular weight is 215 g/mol. The molecule has 2 unspecified atom stereocenters. The fraction of sp³-hybridized carbons (Fsp3) is 1.00. The van der Waals surface area contributed by atoms with Gasteiger partial charge in [0, 0.05) is 12.6 Å². The zero-order valence-electron chi connectivity index (χ0n) is 9.91. The van der Waals surface area contributed by atoms with Gasteiger partial charge in [0.15, 0.2) is 0 Å². The lowest BCUT2D eigenvalue weighted by atomic mass is 9.93. The van der Waals surface area contributed by atoms with Crippen LogP contribution in [0, 0.1) is 0 Å². The minimum Gasteiger partial charge on any atom is -0.379 e. The number of nitrogens with two attached hydrogens (primary N) is 1. The highest BCUT2D eigenvalue weighted by Gasteiger charge is 2.21. The van der Waals surface area contributed by atoms with Crippen molar-refractivity contribution in [3.63, 3.8) is 0 Å². The molecule has 0 spiro atoms. The van der Waals surface area contributed by atoms with Crippen LogP contribution in [0.4, 0.5) is 0 Å². The molecule has 0 aromatic rings. The summed E-state index contributed by atoms with van der Waals surface area (Å²) in [6.45, 7) is 4.43. The first kappa shape index (κ1) is 12.9. The van der Waals surface area contributed by atoms with E-state index in [0.29, 0.717) is 13.2 Å². The largest absolute Gasteiger partial charge is 0.379 e. The lowest BCUT2D eigenvalue weighted by Crippen LogP contribution is -2.39. The maximum absolute atomic E-state index is 5.98. The maximum atomic E-state index is 5.98. The summed E-state index contributed by atoms with van der Waals surface area (Å²) < 4.78 is 11.2. The van der Waals surface area contributed by atoms with Gasteiger partial charge in [0.05, 0.1) is 19.3 Å². The second-order valence-corrected chi connectivity index (χ2v) is 4.32. The van der Waals surface area contributed by atoms with E-state index in [2.05, 4.69) is 6.92 Å². The van der Waals surface area contributed by atoms with Crippen molar-refractivity contribution < 1.29 is 9.47 Å². The molecule has 0 aliphatic heterocycles. The number of rotatable bonds is 7. The highest BCUT2D eigenvalue weighted by molar-refractivity contribution is 4.78. The summed E-state index contributed by atoms with van der Waals surface area (Å²) in [4.78, 5) is 0. The fourth-order valence-electron chi connectivity index (χ4n) is 1.94. The molecule has 1 saturated carbocycles. The quantitative estimate of drug-likeness (QED) is 0.661. The number of unbranched alkanes of at least 4 members (excludes halogenated alkanes) is 1. The van der Waals surface area contributed by atoms with Crippen LogP contribution < -0.4 is 5.73 Å². The summed E-state index contributed by atoms with van der Waals surface area (Å²) in [6.07, 6.45) is 7.35. The Morgan fingerprint density at radius 2 is 1.93 bits per heavy atom. The van der Waals surface area contributed by atoms with Crippen LogP contribution in [-0.2, 0) is 9.47 Å². The highest BCUT2D eigenvalue weighted by Crippen LogP contribution is 2.19. The van der Waals surface area contributed by atoms with Gasteiger partial charge in [-0.3, -0.25) is 0 Å². The third-order valence-corrected chi connectivity index (χ3v) is 2.96. The van der Waals surface area contributed by atoms with Gasteiger partial charge >= 0.3 is 0 Å². The second kappa shape index (κ2) is 8.08. The average Bonchev–Trinajstić information content (AvgIpc) is 2.25. The molecule has 90 valence electrons. The van der Waals surface area contributed by atoms with E-state index in [9.17, 15) is 0 Å². The van der Waals surface area contributed by atoms with Crippen LogP contribution >= 0.6 is 0 Å². The normalized spacial score (nSPS) is 26.8. The van der Waals surface area contributed by atoms with E-state index >= 15 is 0 Å². The smallest absolute Gasteiger partial charge is 0.0727 e. The van der Waals surface area contributed by atoms with Gasteiger partial charge in [-0.25, -0.2) is 0 Å². The van der Waals surface area contributed by atoms with Gasteiger partial charge in [-0.1, -0.05) is 26.2 Å². The lowest BCUT2D eigenvalue weighted by molar-refractivity contribution is -0.0191. The van der Waals surface area contributed by atoms with E-state index in [1.165, 1.54) is 19.3 Å². The Kier molecular flexibility index (Phi) is 6.98.